The number of amides is 1. The SMILES string of the molecule is CCc1nc2c(C)cccn2c1C(=O)Nc1ccc(Br)cc1C(=O)O. The van der Waals surface area contributed by atoms with Gasteiger partial charge in [-0.2, -0.15) is 0 Å². The van der Waals surface area contributed by atoms with E-state index in [1.165, 1.54) is 6.07 Å². The van der Waals surface area contributed by atoms with Crippen molar-refractivity contribution in [3.8, 4) is 0 Å². The van der Waals surface area contributed by atoms with E-state index >= 15 is 0 Å². The number of hydrogen-bond donors (Lipinski definition) is 2. The highest BCUT2D eigenvalue weighted by atomic mass is 79.9. The van der Waals surface area contributed by atoms with E-state index in [0.29, 0.717) is 22.3 Å². The highest BCUT2D eigenvalue weighted by Gasteiger charge is 2.21. The zero-order valence-electron chi connectivity index (χ0n) is 13.7. The first-order valence-electron chi connectivity index (χ1n) is 7.73. The van der Waals surface area contributed by atoms with E-state index < -0.39 is 5.97 Å². The molecule has 3 aromatic rings. The number of rotatable bonds is 4. The van der Waals surface area contributed by atoms with Crippen LogP contribution >= 0.6 is 15.9 Å². The van der Waals surface area contributed by atoms with Gasteiger partial charge in [-0.05, 0) is 43.2 Å². The van der Waals surface area contributed by atoms with Gasteiger partial charge in [0.15, 0.2) is 0 Å². The minimum atomic E-state index is -1.11. The molecule has 0 fully saturated rings. The average Bonchev–Trinajstić information content (AvgIpc) is 2.96. The second-order valence-electron chi connectivity index (χ2n) is 5.59. The lowest BCUT2D eigenvalue weighted by molar-refractivity contribution is 0.0698. The lowest BCUT2D eigenvalue weighted by Crippen LogP contribution is -2.18. The summed E-state index contributed by atoms with van der Waals surface area (Å²) in [6.07, 6.45) is 2.37. The quantitative estimate of drug-likeness (QED) is 0.693. The Balaban J connectivity index is 2.07. The lowest BCUT2D eigenvalue weighted by Gasteiger charge is -2.10. The number of carbonyl (C=O) groups excluding carboxylic acids is 1. The molecule has 1 aromatic carbocycles. The molecule has 0 unspecified atom stereocenters. The standard InChI is InChI=1S/C18H16BrN3O3/c1-3-13-15(22-8-4-5-10(2)16(22)20-13)17(23)21-14-7-6-11(19)9-12(14)18(24)25/h4-9H,3H2,1-2H3,(H,21,23)(H,24,25). The number of carboxylic acids is 1. The Kier molecular flexibility index (Phi) is 4.59. The number of halogens is 1. The van der Waals surface area contributed by atoms with Gasteiger partial charge in [0.25, 0.3) is 5.91 Å². The number of aromatic nitrogens is 2. The molecule has 6 nitrogen and oxygen atoms in total. The molecule has 2 N–H and O–H groups in total. The predicted molar refractivity (Wildman–Crippen MR) is 98.4 cm³/mol. The van der Waals surface area contributed by atoms with Gasteiger partial charge in [-0.25, -0.2) is 9.78 Å². The molecule has 0 aliphatic heterocycles. The van der Waals surface area contributed by atoms with Gasteiger partial charge in [0.05, 0.1) is 16.9 Å². The first-order chi connectivity index (χ1) is 11.9. The molecule has 0 saturated heterocycles. The molecule has 1 amide bonds. The van der Waals surface area contributed by atoms with Gasteiger partial charge in [-0.3, -0.25) is 9.20 Å². The molecule has 0 atom stereocenters. The summed E-state index contributed by atoms with van der Waals surface area (Å²) in [6, 6.07) is 8.48. The number of aromatic carboxylic acids is 1. The van der Waals surface area contributed by atoms with Crippen molar-refractivity contribution in [2.45, 2.75) is 20.3 Å². The zero-order valence-corrected chi connectivity index (χ0v) is 15.3. The smallest absolute Gasteiger partial charge is 0.337 e. The van der Waals surface area contributed by atoms with Crippen LogP contribution in [0.1, 0.15) is 39.0 Å². The number of aryl methyl sites for hydroxylation is 2. The monoisotopic (exact) mass is 401 g/mol. The Labute approximate surface area is 152 Å². The number of nitrogens with zero attached hydrogens (tertiary/aromatic N) is 2. The maximum absolute atomic E-state index is 12.9. The van der Waals surface area contributed by atoms with Crippen LogP contribution < -0.4 is 5.32 Å². The summed E-state index contributed by atoms with van der Waals surface area (Å²) >= 11 is 3.24. The topological polar surface area (TPSA) is 83.7 Å². The van der Waals surface area contributed by atoms with Gasteiger partial charge in [-0.1, -0.05) is 28.9 Å². The fourth-order valence-electron chi connectivity index (χ4n) is 2.72. The number of pyridine rings is 1. The molecule has 0 bridgehead atoms. The largest absolute Gasteiger partial charge is 0.478 e. The molecular formula is C18H16BrN3O3. The second-order valence-corrected chi connectivity index (χ2v) is 6.51. The van der Waals surface area contributed by atoms with Crippen molar-refractivity contribution in [3.05, 3.63) is 63.5 Å². The highest BCUT2D eigenvalue weighted by molar-refractivity contribution is 9.10. The maximum atomic E-state index is 12.9. The molecule has 2 aromatic heterocycles. The molecule has 2 heterocycles. The van der Waals surface area contributed by atoms with Crippen molar-refractivity contribution in [1.82, 2.24) is 9.38 Å². The first kappa shape index (κ1) is 17.2. The van der Waals surface area contributed by atoms with E-state index in [2.05, 4.69) is 26.2 Å². The van der Waals surface area contributed by atoms with E-state index in [4.69, 9.17) is 0 Å². The maximum Gasteiger partial charge on any atom is 0.337 e. The van der Waals surface area contributed by atoms with Crippen molar-refractivity contribution in [3.63, 3.8) is 0 Å². The Hall–Kier alpha value is -2.67. The third kappa shape index (κ3) is 3.15. The van der Waals surface area contributed by atoms with Crippen LogP contribution in [0.2, 0.25) is 0 Å². The molecule has 0 aliphatic rings. The Morgan fingerprint density at radius 1 is 1.32 bits per heavy atom. The number of nitrogens with one attached hydrogen (secondary N) is 1. The van der Waals surface area contributed by atoms with E-state index in [1.54, 1.807) is 22.7 Å². The summed E-state index contributed by atoms with van der Waals surface area (Å²) in [5, 5.41) is 12.1. The van der Waals surface area contributed by atoms with Gasteiger partial charge in [0, 0.05) is 10.7 Å². The fourth-order valence-corrected chi connectivity index (χ4v) is 3.08. The Bertz CT molecular complexity index is 995. The normalized spacial score (nSPS) is 10.8. The molecule has 0 spiro atoms. The number of hydrogen-bond acceptors (Lipinski definition) is 3. The van der Waals surface area contributed by atoms with Gasteiger partial charge in [-0.15, -0.1) is 0 Å². The molecule has 128 valence electrons. The summed E-state index contributed by atoms with van der Waals surface area (Å²) in [5.74, 6) is -1.50. The molecule has 0 radical (unpaired) electrons. The predicted octanol–water partition coefficient (Wildman–Crippen LogP) is 3.92. The van der Waals surface area contributed by atoms with Crippen molar-refractivity contribution in [2.75, 3.05) is 5.32 Å². The number of anilines is 1. The minimum absolute atomic E-state index is 0.0192. The number of benzene rings is 1. The van der Waals surface area contributed by atoms with Gasteiger partial charge in [0.2, 0.25) is 0 Å². The summed E-state index contributed by atoms with van der Waals surface area (Å²) in [6.45, 7) is 3.86. The van der Waals surface area contributed by atoms with E-state index in [9.17, 15) is 14.7 Å². The lowest BCUT2D eigenvalue weighted by atomic mass is 10.1. The Morgan fingerprint density at radius 2 is 2.08 bits per heavy atom. The van der Waals surface area contributed by atoms with Crippen LogP contribution in [0.5, 0.6) is 0 Å². The third-order valence-electron chi connectivity index (χ3n) is 3.93. The van der Waals surface area contributed by atoms with Crippen molar-refractivity contribution < 1.29 is 14.7 Å². The van der Waals surface area contributed by atoms with Crippen molar-refractivity contribution in [2.24, 2.45) is 0 Å². The Morgan fingerprint density at radius 3 is 2.76 bits per heavy atom. The molecule has 25 heavy (non-hydrogen) atoms. The molecular weight excluding hydrogens is 386 g/mol. The fraction of sp³-hybridized carbons (Fsp3) is 0.167. The number of carbonyl (C=O) groups is 2. The summed E-state index contributed by atoms with van der Waals surface area (Å²) in [4.78, 5) is 28.8. The number of imidazole rings is 1. The van der Waals surface area contributed by atoms with E-state index in [-0.39, 0.29) is 17.2 Å². The van der Waals surface area contributed by atoms with E-state index in [1.807, 2.05) is 26.0 Å². The third-order valence-corrected chi connectivity index (χ3v) is 4.42. The van der Waals surface area contributed by atoms with Crippen LogP contribution in [0, 0.1) is 6.92 Å². The van der Waals surface area contributed by atoms with Gasteiger partial charge < -0.3 is 10.4 Å². The van der Waals surface area contributed by atoms with Crippen LogP contribution in [0.15, 0.2) is 41.0 Å². The van der Waals surface area contributed by atoms with Crippen molar-refractivity contribution in [1.29, 1.82) is 0 Å². The van der Waals surface area contributed by atoms with Gasteiger partial charge in [0.1, 0.15) is 11.3 Å². The highest BCUT2D eigenvalue weighted by Crippen LogP contribution is 2.23. The van der Waals surface area contributed by atoms with Crippen LogP contribution in [0.3, 0.4) is 0 Å². The molecule has 7 heteroatoms. The minimum Gasteiger partial charge on any atom is -0.478 e. The van der Waals surface area contributed by atoms with Crippen LogP contribution in [0.25, 0.3) is 5.65 Å². The molecule has 0 saturated carbocycles. The summed E-state index contributed by atoms with van der Waals surface area (Å²) in [7, 11) is 0. The number of fused-ring (bicyclic) bond motifs is 1. The van der Waals surface area contributed by atoms with Crippen LogP contribution in [-0.4, -0.2) is 26.4 Å². The average molecular weight is 402 g/mol. The molecule has 3 rings (SSSR count). The summed E-state index contributed by atoms with van der Waals surface area (Å²) in [5.41, 5.74) is 3.03. The zero-order chi connectivity index (χ0) is 18.1. The first-order valence-corrected chi connectivity index (χ1v) is 8.52. The van der Waals surface area contributed by atoms with Crippen LogP contribution in [-0.2, 0) is 6.42 Å². The van der Waals surface area contributed by atoms with Crippen molar-refractivity contribution >= 4 is 39.1 Å². The van der Waals surface area contributed by atoms with E-state index in [0.717, 1.165) is 11.2 Å². The number of carboxylic acid groups (broad SMARTS) is 1. The van der Waals surface area contributed by atoms with Gasteiger partial charge >= 0.3 is 5.97 Å². The summed E-state index contributed by atoms with van der Waals surface area (Å²) < 4.78 is 2.37. The molecule has 0 aliphatic carbocycles. The second kappa shape index (κ2) is 6.68. The van der Waals surface area contributed by atoms with Crippen LogP contribution in [0.4, 0.5) is 5.69 Å².